The average Bonchev–Trinajstić information content (AvgIpc) is 2.90. The molecular weight excluding hydrogens is 346 g/mol. The summed E-state index contributed by atoms with van der Waals surface area (Å²) in [5.74, 6) is 0.459. The van der Waals surface area contributed by atoms with Crippen LogP contribution in [0.15, 0.2) is 24.3 Å². The Balaban J connectivity index is 1.35. The summed E-state index contributed by atoms with van der Waals surface area (Å²) in [7, 11) is 0. The predicted octanol–water partition coefficient (Wildman–Crippen LogP) is 2.27. The van der Waals surface area contributed by atoms with Gasteiger partial charge in [0, 0.05) is 24.9 Å². The maximum atomic E-state index is 12.8. The first-order valence-corrected chi connectivity index (χ1v) is 9.74. The molecule has 4 rings (SSSR count). The molecule has 2 fully saturated rings. The van der Waals surface area contributed by atoms with E-state index in [9.17, 15) is 14.4 Å². The maximum absolute atomic E-state index is 12.8. The van der Waals surface area contributed by atoms with Crippen molar-refractivity contribution in [3.63, 3.8) is 0 Å². The molecule has 1 aromatic carbocycles. The highest BCUT2D eigenvalue weighted by Gasteiger charge is 2.51. The van der Waals surface area contributed by atoms with E-state index >= 15 is 0 Å². The molecule has 0 aromatic heterocycles. The molecule has 144 valence electrons. The van der Waals surface area contributed by atoms with Crippen molar-refractivity contribution in [2.75, 3.05) is 13.2 Å². The zero-order valence-corrected chi connectivity index (χ0v) is 15.3. The molecule has 1 atom stereocenters. The number of ether oxygens (including phenoxy) is 1. The number of imide groups is 1. The Hall–Kier alpha value is -2.57. The van der Waals surface area contributed by atoms with Crippen molar-refractivity contribution in [3.05, 3.63) is 29.8 Å². The highest BCUT2D eigenvalue weighted by atomic mass is 16.5. The van der Waals surface area contributed by atoms with Gasteiger partial charge in [-0.25, -0.2) is 4.79 Å². The summed E-state index contributed by atoms with van der Waals surface area (Å²) < 4.78 is 5.61. The van der Waals surface area contributed by atoms with Crippen LogP contribution in [0.2, 0.25) is 0 Å². The van der Waals surface area contributed by atoms with Crippen LogP contribution in [-0.4, -0.2) is 41.4 Å². The molecule has 4 amide bonds. The molecule has 0 bridgehead atoms. The molecule has 7 nitrogen and oxygen atoms in total. The van der Waals surface area contributed by atoms with E-state index in [1.54, 1.807) is 0 Å². The van der Waals surface area contributed by atoms with Gasteiger partial charge in [-0.3, -0.25) is 14.5 Å². The Bertz CT molecular complexity index is 757. The van der Waals surface area contributed by atoms with Crippen LogP contribution >= 0.6 is 0 Å². The number of nitrogens with zero attached hydrogens (tertiary/aromatic N) is 1. The molecule has 0 radical (unpaired) electrons. The smallest absolute Gasteiger partial charge is 0.325 e. The molecule has 1 unspecified atom stereocenters. The lowest BCUT2D eigenvalue weighted by Gasteiger charge is -2.30. The van der Waals surface area contributed by atoms with Crippen LogP contribution in [0, 0.1) is 0 Å². The van der Waals surface area contributed by atoms with E-state index in [1.807, 2.05) is 24.3 Å². The summed E-state index contributed by atoms with van der Waals surface area (Å²) in [4.78, 5) is 38.7. The third-order valence-corrected chi connectivity index (χ3v) is 5.81. The van der Waals surface area contributed by atoms with Crippen molar-refractivity contribution >= 4 is 17.8 Å². The number of para-hydroxylation sites is 1. The molecule has 1 saturated carbocycles. The Labute approximate surface area is 158 Å². The first kappa shape index (κ1) is 17.8. The Morgan fingerprint density at radius 2 is 2.00 bits per heavy atom. The molecule has 1 aromatic rings. The van der Waals surface area contributed by atoms with Crippen molar-refractivity contribution in [2.24, 2.45) is 0 Å². The van der Waals surface area contributed by atoms with E-state index < -0.39 is 5.54 Å². The van der Waals surface area contributed by atoms with Gasteiger partial charge < -0.3 is 15.4 Å². The zero-order valence-electron chi connectivity index (χ0n) is 15.3. The Kier molecular flexibility index (Phi) is 4.76. The summed E-state index contributed by atoms with van der Waals surface area (Å²) in [5, 5.41) is 5.89. The molecule has 2 aliphatic heterocycles. The highest BCUT2D eigenvalue weighted by Crippen LogP contribution is 2.34. The number of carbonyl (C=O) groups is 3. The minimum Gasteiger partial charge on any atom is -0.493 e. The van der Waals surface area contributed by atoms with E-state index in [-0.39, 0.29) is 36.9 Å². The van der Waals surface area contributed by atoms with E-state index in [1.165, 1.54) is 4.90 Å². The van der Waals surface area contributed by atoms with E-state index in [0.29, 0.717) is 25.9 Å². The number of hydrogen-bond acceptors (Lipinski definition) is 4. The van der Waals surface area contributed by atoms with Crippen LogP contribution in [0.1, 0.15) is 56.6 Å². The van der Waals surface area contributed by atoms with Gasteiger partial charge >= 0.3 is 6.03 Å². The second-order valence-corrected chi connectivity index (χ2v) is 7.57. The van der Waals surface area contributed by atoms with E-state index in [4.69, 9.17) is 4.74 Å². The standard InChI is InChI=1S/C20H25N3O4/c24-17(21-15-9-13-27-16-7-3-2-6-14(15)16)8-12-23-18(25)20(22-19(23)26)10-4-1-5-11-20/h2-3,6-7,15H,1,4-5,8-13H2,(H,21,24)(H,22,26). The van der Waals surface area contributed by atoms with Gasteiger partial charge in [0.1, 0.15) is 11.3 Å². The van der Waals surface area contributed by atoms with Crippen LogP contribution in [0.4, 0.5) is 4.79 Å². The molecule has 1 spiro atoms. The van der Waals surface area contributed by atoms with Gasteiger partial charge in [-0.05, 0) is 18.9 Å². The molecule has 3 aliphatic rings. The molecular formula is C20H25N3O4. The van der Waals surface area contributed by atoms with Crippen molar-refractivity contribution < 1.29 is 19.1 Å². The van der Waals surface area contributed by atoms with Crippen LogP contribution < -0.4 is 15.4 Å². The monoisotopic (exact) mass is 371 g/mol. The van der Waals surface area contributed by atoms with Crippen LogP contribution in [0.25, 0.3) is 0 Å². The van der Waals surface area contributed by atoms with Crippen molar-refractivity contribution in [2.45, 2.75) is 56.5 Å². The summed E-state index contributed by atoms with van der Waals surface area (Å²) in [6, 6.07) is 7.20. The van der Waals surface area contributed by atoms with Crippen LogP contribution in [0.3, 0.4) is 0 Å². The quantitative estimate of drug-likeness (QED) is 0.795. The molecule has 2 N–H and O–H groups in total. The third-order valence-electron chi connectivity index (χ3n) is 5.81. The van der Waals surface area contributed by atoms with Gasteiger partial charge in [-0.2, -0.15) is 0 Å². The predicted molar refractivity (Wildman–Crippen MR) is 98.1 cm³/mol. The van der Waals surface area contributed by atoms with Gasteiger partial charge in [-0.1, -0.05) is 37.5 Å². The fourth-order valence-electron chi connectivity index (χ4n) is 4.35. The SMILES string of the molecule is O=C(CCN1C(=O)NC2(CCCCC2)C1=O)NC1CCOc2ccccc21. The zero-order chi connectivity index (χ0) is 18.9. The van der Waals surface area contributed by atoms with Crippen molar-refractivity contribution in [1.82, 2.24) is 15.5 Å². The number of amides is 4. The summed E-state index contributed by atoms with van der Waals surface area (Å²) in [5.41, 5.74) is 0.235. The number of nitrogens with one attached hydrogen (secondary N) is 2. The average molecular weight is 371 g/mol. The first-order chi connectivity index (χ1) is 13.1. The van der Waals surface area contributed by atoms with Crippen molar-refractivity contribution in [1.29, 1.82) is 0 Å². The molecule has 1 saturated heterocycles. The van der Waals surface area contributed by atoms with Gasteiger partial charge in [-0.15, -0.1) is 0 Å². The van der Waals surface area contributed by atoms with Crippen LogP contribution in [-0.2, 0) is 9.59 Å². The Morgan fingerprint density at radius 1 is 1.22 bits per heavy atom. The fourth-order valence-corrected chi connectivity index (χ4v) is 4.35. The van der Waals surface area contributed by atoms with E-state index in [2.05, 4.69) is 10.6 Å². The Morgan fingerprint density at radius 3 is 2.81 bits per heavy atom. The van der Waals surface area contributed by atoms with Gasteiger partial charge in [0.2, 0.25) is 5.91 Å². The second kappa shape index (κ2) is 7.21. The van der Waals surface area contributed by atoms with Crippen molar-refractivity contribution in [3.8, 4) is 5.75 Å². The second-order valence-electron chi connectivity index (χ2n) is 7.57. The van der Waals surface area contributed by atoms with E-state index in [0.717, 1.165) is 30.6 Å². The number of fused-ring (bicyclic) bond motifs is 1. The molecule has 27 heavy (non-hydrogen) atoms. The summed E-state index contributed by atoms with van der Waals surface area (Å²) in [6.45, 7) is 0.667. The molecule has 1 aliphatic carbocycles. The van der Waals surface area contributed by atoms with Crippen LogP contribution in [0.5, 0.6) is 5.75 Å². The van der Waals surface area contributed by atoms with Gasteiger partial charge in [0.15, 0.2) is 0 Å². The number of benzene rings is 1. The number of rotatable bonds is 4. The highest BCUT2D eigenvalue weighted by molar-refractivity contribution is 6.07. The molecule has 2 heterocycles. The first-order valence-electron chi connectivity index (χ1n) is 9.74. The largest absolute Gasteiger partial charge is 0.493 e. The number of carbonyl (C=O) groups excluding carboxylic acids is 3. The third kappa shape index (κ3) is 3.38. The fraction of sp³-hybridized carbons (Fsp3) is 0.550. The minimum atomic E-state index is -0.731. The lowest BCUT2D eigenvalue weighted by molar-refractivity contribution is -0.132. The molecule has 7 heteroatoms. The lowest BCUT2D eigenvalue weighted by Crippen LogP contribution is -2.48. The van der Waals surface area contributed by atoms with Gasteiger partial charge in [0.25, 0.3) is 5.91 Å². The number of hydrogen-bond donors (Lipinski definition) is 2. The summed E-state index contributed by atoms with van der Waals surface area (Å²) >= 11 is 0. The topological polar surface area (TPSA) is 87.7 Å². The van der Waals surface area contributed by atoms with Gasteiger partial charge in [0.05, 0.1) is 12.6 Å². The maximum Gasteiger partial charge on any atom is 0.325 e. The lowest BCUT2D eigenvalue weighted by atomic mass is 9.82. The normalized spacial score (nSPS) is 23.6. The summed E-state index contributed by atoms with van der Waals surface area (Å²) in [6.07, 6.45) is 5.19. The minimum absolute atomic E-state index is 0.102. The number of urea groups is 1.